The number of benzene rings is 3. The summed E-state index contributed by atoms with van der Waals surface area (Å²) in [5.74, 6) is 0.489. The second-order valence-corrected chi connectivity index (χ2v) is 9.65. The largest absolute Gasteiger partial charge is 0.494 e. The molecular weight excluding hydrogens is 474 g/mol. The molecule has 5 nitrogen and oxygen atoms in total. The molecule has 36 heavy (non-hydrogen) atoms. The Morgan fingerprint density at radius 2 is 1.78 bits per heavy atom. The fourth-order valence-corrected chi connectivity index (χ4v) is 4.94. The Balaban J connectivity index is 1.58. The van der Waals surface area contributed by atoms with Crippen LogP contribution in [0.3, 0.4) is 0 Å². The molecule has 184 valence electrons. The van der Waals surface area contributed by atoms with Crippen LogP contribution in [0.5, 0.6) is 5.75 Å². The lowest BCUT2D eigenvalue weighted by molar-refractivity contribution is 0.0971. The zero-order valence-electron chi connectivity index (χ0n) is 20.4. The highest BCUT2D eigenvalue weighted by atomic mass is 35.5. The number of halogens is 1. The van der Waals surface area contributed by atoms with Gasteiger partial charge in [-0.1, -0.05) is 62.1 Å². The summed E-state index contributed by atoms with van der Waals surface area (Å²) in [6.07, 6.45) is 4.55. The van der Waals surface area contributed by atoms with Crippen LogP contribution >= 0.6 is 11.6 Å². The molecule has 1 amide bonds. The molecule has 0 radical (unpaired) electrons. The molecule has 1 aromatic heterocycles. The molecule has 3 aromatic carbocycles. The van der Waals surface area contributed by atoms with Gasteiger partial charge in [0, 0.05) is 10.7 Å². The number of amides is 1. The highest BCUT2D eigenvalue weighted by Gasteiger charge is 2.43. The highest BCUT2D eigenvalue weighted by molar-refractivity contribution is 6.31. The van der Waals surface area contributed by atoms with Gasteiger partial charge < -0.3 is 9.15 Å². The van der Waals surface area contributed by atoms with E-state index < -0.39 is 6.04 Å². The molecule has 0 bridgehead atoms. The minimum atomic E-state index is -0.632. The first-order chi connectivity index (χ1) is 17.5. The van der Waals surface area contributed by atoms with Crippen molar-refractivity contribution in [3.63, 3.8) is 0 Å². The lowest BCUT2D eigenvalue weighted by atomic mass is 9.98. The van der Waals surface area contributed by atoms with Crippen LogP contribution in [0.15, 0.2) is 75.9 Å². The normalized spacial score (nSPS) is 14.9. The van der Waals surface area contributed by atoms with E-state index in [1.54, 1.807) is 23.1 Å². The molecular formula is C30H28ClNO4. The number of aryl methyl sites for hydroxylation is 1. The van der Waals surface area contributed by atoms with Crippen LogP contribution in [0.25, 0.3) is 11.0 Å². The summed E-state index contributed by atoms with van der Waals surface area (Å²) in [6, 6.07) is 19.5. The number of nitrogens with zero attached hydrogens (tertiary/aromatic N) is 1. The Bertz CT molecular complexity index is 1480. The first kappa shape index (κ1) is 24.1. The predicted molar refractivity (Wildman–Crippen MR) is 143 cm³/mol. The van der Waals surface area contributed by atoms with Gasteiger partial charge in [0.2, 0.25) is 5.76 Å². The van der Waals surface area contributed by atoms with Crippen molar-refractivity contribution in [2.24, 2.45) is 0 Å². The Morgan fingerprint density at radius 1 is 0.972 bits per heavy atom. The Kier molecular flexibility index (Phi) is 6.84. The van der Waals surface area contributed by atoms with Crippen molar-refractivity contribution in [2.75, 3.05) is 11.5 Å². The first-order valence-corrected chi connectivity index (χ1v) is 12.7. The minimum absolute atomic E-state index is 0.0672. The lowest BCUT2D eigenvalue weighted by Crippen LogP contribution is -2.29. The maximum Gasteiger partial charge on any atom is 0.295 e. The maximum atomic E-state index is 13.7. The molecule has 2 heterocycles. The number of hydrogen-bond donors (Lipinski definition) is 0. The third kappa shape index (κ3) is 4.51. The number of rotatable bonds is 8. The molecule has 5 rings (SSSR count). The van der Waals surface area contributed by atoms with Gasteiger partial charge in [-0.25, -0.2) is 0 Å². The standard InChI is InChI=1S/C30H28ClNO4/c1-3-4-5-6-16-35-23-13-10-20(11-14-23)27-26-28(33)24-18-21(31)12-15-25(24)36-29(26)30(34)32(27)22-9-7-8-19(2)17-22/h7-15,17-18,27H,3-6,16H2,1-2H3. The first-order valence-electron chi connectivity index (χ1n) is 12.4. The Morgan fingerprint density at radius 3 is 2.53 bits per heavy atom. The number of unbranched alkanes of at least 4 members (excludes halogenated alkanes) is 3. The summed E-state index contributed by atoms with van der Waals surface area (Å²) in [5.41, 5.74) is 2.93. The number of anilines is 1. The van der Waals surface area contributed by atoms with Crippen molar-refractivity contribution in [1.82, 2.24) is 0 Å². The van der Waals surface area contributed by atoms with Gasteiger partial charge in [0.15, 0.2) is 5.43 Å². The number of ether oxygens (including phenoxy) is 1. The molecule has 0 aliphatic carbocycles. The molecule has 0 fully saturated rings. The van der Waals surface area contributed by atoms with Crippen LogP contribution < -0.4 is 15.1 Å². The third-order valence-corrected chi connectivity index (χ3v) is 6.81. The molecule has 0 saturated heterocycles. The van der Waals surface area contributed by atoms with Crippen LogP contribution in [-0.2, 0) is 0 Å². The average Bonchev–Trinajstić information content (AvgIpc) is 3.17. The zero-order chi connectivity index (χ0) is 25.2. The second kappa shape index (κ2) is 10.2. The molecule has 1 atom stereocenters. The van der Waals surface area contributed by atoms with Gasteiger partial charge in [0.05, 0.1) is 23.6 Å². The van der Waals surface area contributed by atoms with Gasteiger partial charge in [-0.05, 0) is 66.9 Å². The van der Waals surface area contributed by atoms with Crippen LogP contribution in [-0.4, -0.2) is 12.5 Å². The SMILES string of the molecule is CCCCCCOc1ccc(C2c3c(oc4ccc(Cl)cc4c3=O)C(=O)N2c2cccc(C)c2)cc1. The summed E-state index contributed by atoms with van der Waals surface area (Å²) in [4.78, 5) is 29.1. The third-order valence-electron chi connectivity index (χ3n) is 6.57. The van der Waals surface area contributed by atoms with Crippen LogP contribution in [0.4, 0.5) is 5.69 Å². The molecule has 1 aliphatic heterocycles. The summed E-state index contributed by atoms with van der Waals surface area (Å²) in [6.45, 7) is 4.82. The van der Waals surface area contributed by atoms with E-state index in [0.29, 0.717) is 33.8 Å². The van der Waals surface area contributed by atoms with E-state index in [9.17, 15) is 9.59 Å². The summed E-state index contributed by atoms with van der Waals surface area (Å²) in [7, 11) is 0. The average molecular weight is 502 g/mol. The molecule has 0 saturated carbocycles. The predicted octanol–water partition coefficient (Wildman–Crippen LogP) is 7.46. The van der Waals surface area contributed by atoms with E-state index in [-0.39, 0.29) is 17.1 Å². The van der Waals surface area contributed by atoms with E-state index in [0.717, 1.165) is 29.7 Å². The van der Waals surface area contributed by atoms with Crippen molar-refractivity contribution in [3.8, 4) is 5.75 Å². The van der Waals surface area contributed by atoms with Crippen molar-refractivity contribution < 1.29 is 13.9 Å². The van der Waals surface area contributed by atoms with E-state index in [2.05, 4.69) is 6.92 Å². The summed E-state index contributed by atoms with van der Waals surface area (Å²) in [5, 5.41) is 0.795. The van der Waals surface area contributed by atoms with Crippen molar-refractivity contribution >= 4 is 34.2 Å². The quantitative estimate of drug-likeness (QED) is 0.235. The monoisotopic (exact) mass is 501 g/mol. The molecule has 6 heteroatoms. The van der Waals surface area contributed by atoms with Crippen LogP contribution in [0.2, 0.25) is 5.02 Å². The van der Waals surface area contributed by atoms with Gasteiger partial charge >= 0.3 is 0 Å². The summed E-state index contributed by atoms with van der Waals surface area (Å²) >= 11 is 6.18. The van der Waals surface area contributed by atoms with Crippen LogP contribution in [0, 0.1) is 6.92 Å². The fraction of sp³-hybridized carbons (Fsp3) is 0.267. The maximum absolute atomic E-state index is 13.7. The van der Waals surface area contributed by atoms with E-state index >= 15 is 0 Å². The second-order valence-electron chi connectivity index (χ2n) is 9.21. The fourth-order valence-electron chi connectivity index (χ4n) is 4.77. The van der Waals surface area contributed by atoms with E-state index in [1.807, 2.05) is 55.5 Å². The highest BCUT2D eigenvalue weighted by Crippen LogP contribution is 2.41. The Hall–Kier alpha value is -3.57. The van der Waals surface area contributed by atoms with Crippen molar-refractivity contribution in [3.05, 3.63) is 104 Å². The minimum Gasteiger partial charge on any atom is -0.494 e. The number of hydrogen-bond acceptors (Lipinski definition) is 4. The number of fused-ring (bicyclic) bond motifs is 2. The smallest absolute Gasteiger partial charge is 0.295 e. The van der Waals surface area contributed by atoms with Gasteiger partial charge in [-0.3, -0.25) is 14.5 Å². The van der Waals surface area contributed by atoms with Gasteiger partial charge in [-0.2, -0.15) is 0 Å². The zero-order valence-corrected chi connectivity index (χ0v) is 21.2. The molecule has 1 unspecified atom stereocenters. The summed E-state index contributed by atoms with van der Waals surface area (Å²) < 4.78 is 11.9. The van der Waals surface area contributed by atoms with Gasteiger partial charge in [0.25, 0.3) is 5.91 Å². The van der Waals surface area contributed by atoms with E-state index in [4.69, 9.17) is 20.8 Å². The van der Waals surface area contributed by atoms with Crippen LogP contribution in [0.1, 0.15) is 65.9 Å². The molecule has 4 aromatic rings. The van der Waals surface area contributed by atoms with E-state index in [1.165, 1.54) is 12.8 Å². The van der Waals surface area contributed by atoms with Gasteiger partial charge in [-0.15, -0.1) is 0 Å². The molecule has 1 aliphatic rings. The van der Waals surface area contributed by atoms with Crippen molar-refractivity contribution in [2.45, 2.75) is 45.6 Å². The number of carbonyl (C=O) groups excluding carboxylic acids is 1. The lowest BCUT2D eigenvalue weighted by Gasteiger charge is -2.25. The topological polar surface area (TPSA) is 59.8 Å². The Labute approximate surface area is 215 Å². The van der Waals surface area contributed by atoms with Gasteiger partial charge in [0.1, 0.15) is 11.3 Å². The number of carbonyl (C=O) groups is 1. The molecule has 0 spiro atoms. The van der Waals surface area contributed by atoms with Crippen molar-refractivity contribution in [1.29, 1.82) is 0 Å². The molecule has 0 N–H and O–H groups in total.